The first-order valence-corrected chi connectivity index (χ1v) is 15.7. The Labute approximate surface area is 260 Å². The second kappa shape index (κ2) is 9.38. The van der Waals surface area contributed by atoms with Crippen molar-refractivity contribution >= 4 is 49.1 Å². The molecule has 210 valence electrons. The highest BCUT2D eigenvalue weighted by atomic mass is 15.0. The number of aromatic nitrogens is 2. The lowest BCUT2D eigenvalue weighted by Crippen LogP contribution is -2.13. The van der Waals surface area contributed by atoms with Gasteiger partial charge in [0.05, 0.1) is 16.6 Å². The molecule has 0 aliphatic heterocycles. The summed E-state index contributed by atoms with van der Waals surface area (Å²) in [5, 5.41) is 6.34. The molecular formula is C43H28N2. The molecule has 2 aromatic heterocycles. The molecule has 0 saturated carbocycles. The lowest BCUT2D eigenvalue weighted by molar-refractivity contribution is 0.802. The highest BCUT2D eigenvalue weighted by Gasteiger charge is 2.29. The quantitative estimate of drug-likeness (QED) is 0.188. The number of nitrogens with zero attached hydrogens (tertiary/aromatic N) is 2. The summed E-state index contributed by atoms with van der Waals surface area (Å²) in [5.41, 5.74) is 13.8. The zero-order valence-electron chi connectivity index (χ0n) is 24.6. The fourth-order valence-corrected chi connectivity index (χ4v) is 7.87. The van der Waals surface area contributed by atoms with Crippen molar-refractivity contribution in [1.82, 2.24) is 9.38 Å². The van der Waals surface area contributed by atoms with E-state index < -0.39 is 0 Å². The molecule has 2 heteroatoms. The smallest absolute Gasteiger partial charge is 0.146 e. The summed E-state index contributed by atoms with van der Waals surface area (Å²) in [6.07, 6.45) is 0.963. The van der Waals surface area contributed by atoms with E-state index in [2.05, 4.69) is 156 Å². The van der Waals surface area contributed by atoms with Crippen LogP contribution in [-0.4, -0.2) is 9.38 Å². The summed E-state index contributed by atoms with van der Waals surface area (Å²) in [5.74, 6) is 0.236. The van der Waals surface area contributed by atoms with E-state index in [-0.39, 0.29) is 5.92 Å². The van der Waals surface area contributed by atoms with Gasteiger partial charge in [-0.2, -0.15) is 0 Å². The Kier molecular flexibility index (Phi) is 5.15. The minimum atomic E-state index is 0.236. The highest BCUT2D eigenvalue weighted by Crippen LogP contribution is 2.47. The van der Waals surface area contributed by atoms with Crippen LogP contribution in [0.1, 0.15) is 22.6 Å². The van der Waals surface area contributed by atoms with Gasteiger partial charge in [0.1, 0.15) is 5.65 Å². The van der Waals surface area contributed by atoms with Crippen molar-refractivity contribution in [1.29, 1.82) is 0 Å². The molecular weight excluding hydrogens is 544 g/mol. The van der Waals surface area contributed by atoms with Gasteiger partial charge in [0.15, 0.2) is 0 Å². The predicted molar refractivity (Wildman–Crippen MR) is 188 cm³/mol. The third kappa shape index (κ3) is 3.60. The molecule has 7 aromatic carbocycles. The standard InChI is InChI=1S/C43H28N2/c1-2-10-27(11-3-1)29-18-19-30-25-37(42-32-13-5-4-12-28(32)20-22-34(42)36(30)24-29)31-21-23-40-38(26-31)33-14-6-7-15-35(33)43-44-39-16-8-9-17-41(39)45(40)43/h1-24,26,37H,25H2. The summed E-state index contributed by atoms with van der Waals surface area (Å²) in [4.78, 5) is 5.09. The van der Waals surface area contributed by atoms with Crippen molar-refractivity contribution < 1.29 is 0 Å². The molecule has 1 aliphatic rings. The lowest BCUT2D eigenvalue weighted by atomic mass is 9.73. The van der Waals surface area contributed by atoms with Crippen LogP contribution < -0.4 is 0 Å². The summed E-state index contributed by atoms with van der Waals surface area (Å²) in [7, 11) is 0. The molecule has 0 spiro atoms. The van der Waals surface area contributed by atoms with Crippen LogP contribution in [0.2, 0.25) is 0 Å². The second-order valence-corrected chi connectivity index (χ2v) is 12.3. The van der Waals surface area contributed by atoms with E-state index in [1.165, 1.54) is 71.4 Å². The number of para-hydroxylation sites is 2. The molecule has 0 radical (unpaired) electrons. The van der Waals surface area contributed by atoms with Gasteiger partial charge < -0.3 is 0 Å². The third-order valence-electron chi connectivity index (χ3n) is 9.93. The van der Waals surface area contributed by atoms with Gasteiger partial charge in [-0.05, 0) is 91.9 Å². The van der Waals surface area contributed by atoms with Gasteiger partial charge in [-0.25, -0.2) is 4.98 Å². The first-order valence-electron chi connectivity index (χ1n) is 15.7. The average molecular weight is 573 g/mol. The topological polar surface area (TPSA) is 17.3 Å². The number of imidazole rings is 1. The van der Waals surface area contributed by atoms with Crippen LogP contribution in [-0.2, 0) is 6.42 Å². The molecule has 1 unspecified atom stereocenters. The zero-order chi connectivity index (χ0) is 29.5. The van der Waals surface area contributed by atoms with Crippen LogP contribution in [0.4, 0.5) is 0 Å². The van der Waals surface area contributed by atoms with E-state index in [1.54, 1.807) is 0 Å². The number of hydrogen-bond acceptors (Lipinski definition) is 1. The fourth-order valence-electron chi connectivity index (χ4n) is 7.87. The van der Waals surface area contributed by atoms with E-state index in [4.69, 9.17) is 4.98 Å². The molecule has 2 heterocycles. The highest BCUT2D eigenvalue weighted by molar-refractivity contribution is 6.14. The summed E-state index contributed by atoms with van der Waals surface area (Å²) >= 11 is 0. The van der Waals surface area contributed by atoms with Gasteiger partial charge >= 0.3 is 0 Å². The van der Waals surface area contributed by atoms with E-state index in [9.17, 15) is 0 Å². The minimum Gasteiger partial charge on any atom is -0.292 e. The summed E-state index contributed by atoms with van der Waals surface area (Å²) < 4.78 is 2.35. The third-order valence-corrected chi connectivity index (χ3v) is 9.93. The maximum Gasteiger partial charge on any atom is 0.146 e. The minimum absolute atomic E-state index is 0.236. The summed E-state index contributed by atoms with van der Waals surface area (Å²) in [6.45, 7) is 0. The van der Waals surface area contributed by atoms with E-state index in [0.717, 1.165) is 23.1 Å². The Morgan fingerprint density at radius 2 is 1.29 bits per heavy atom. The van der Waals surface area contributed by atoms with Crippen molar-refractivity contribution in [2.24, 2.45) is 0 Å². The molecule has 1 aliphatic carbocycles. The van der Waals surface area contributed by atoms with Crippen LogP contribution in [0, 0.1) is 0 Å². The van der Waals surface area contributed by atoms with Crippen LogP contribution in [0.5, 0.6) is 0 Å². The number of pyridine rings is 1. The van der Waals surface area contributed by atoms with Gasteiger partial charge in [-0.15, -0.1) is 0 Å². The fraction of sp³-hybridized carbons (Fsp3) is 0.0465. The van der Waals surface area contributed by atoms with E-state index in [0.29, 0.717) is 0 Å². The molecule has 0 fully saturated rings. The van der Waals surface area contributed by atoms with Crippen molar-refractivity contribution in [2.75, 3.05) is 0 Å². The molecule has 0 amide bonds. The number of fused-ring (bicyclic) bond motifs is 13. The van der Waals surface area contributed by atoms with Gasteiger partial charge in [0.25, 0.3) is 0 Å². The second-order valence-electron chi connectivity index (χ2n) is 12.3. The molecule has 0 saturated heterocycles. The molecule has 10 rings (SSSR count). The first kappa shape index (κ1) is 24.7. The largest absolute Gasteiger partial charge is 0.292 e. The van der Waals surface area contributed by atoms with Crippen molar-refractivity contribution in [2.45, 2.75) is 12.3 Å². The Balaban J connectivity index is 1.24. The number of hydrogen-bond donors (Lipinski definition) is 0. The SMILES string of the molecule is c1ccc(-c2ccc3c(c2)-c2ccc4ccccc4c2C(c2ccc4c(c2)c2ccccc2c2nc5ccccc5n42)C3)cc1. The van der Waals surface area contributed by atoms with Gasteiger partial charge in [0, 0.05) is 16.7 Å². The van der Waals surface area contributed by atoms with Crippen LogP contribution in [0.15, 0.2) is 152 Å². The number of rotatable bonds is 2. The van der Waals surface area contributed by atoms with Gasteiger partial charge in [-0.1, -0.05) is 121 Å². The van der Waals surface area contributed by atoms with Crippen LogP contribution in [0.3, 0.4) is 0 Å². The first-order chi connectivity index (χ1) is 22.3. The van der Waals surface area contributed by atoms with Gasteiger partial charge in [-0.3, -0.25) is 4.40 Å². The van der Waals surface area contributed by atoms with Crippen LogP contribution >= 0.6 is 0 Å². The van der Waals surface area contributed by atoms with E-state index in [1.807, 2.05) is 0 Å². The predicted octanol–water partition coefficient (Wildman–Crippen LogP) is 11.0. The molecule has 2 nitrogen and oxygen atoms in total. The Hall–Kier alpha value is -5.73. The molecule has 1 atom stereocenters. The van der Waals surface area contributed by atoms with Crippen molar-refractivity contribution in [3.05, 3.63) is 168 Å². The summed E-state index contributed by atoms with van der Waals surface area (Å²) in [6, 6.07) is 55.7. The number of benzene rings is 7. The van der Waals surface area contributed by atoms with Crippen molar-refractivity contribution in [3.63, 3.8) is 0 Å². The Bertz CT molecular complexity index is 2630. The van der Waals surface area contributed by atoms with Crippen LogP contribution in [0.25, 0.3) is 71.4 Å². The van der Waals surface area contributed by atoms with Crippen molar-refractivity contribution in [3.8, 4) is 22.3 Å². The monoisotopic (exact) mass is 572 g/mol. The molecule has 0 N–H and O–H groups in total. The van der Waals surface area contributed by atoms with Gasteiger partial charge in [0.2, 0.25) is 0 Å². The lowest BCUT2D eigenvalue weighted by Gasteiger charge is -2.30. The average Bonchev–Trinajstić information content (AvgIpc) is 3.51. The maximum atomic E-state index is 5.09. The normalized spacial score (nSPS) is 14.4. The van der Waals surface area contributed by atoms with E-state index >= 15 is 0 Å². The Morgan fingerprint density at radius 3 is 2.20 bits per heavy atom. The molecule has 45 heavy (non-hydrogen) atoms. The Morgan fingerprint density at radius 1 is 0.511 bits per heavy atom. The zero-order valence-corrected chi connectivity index (χ0v) is 24.6. The maximum absolute atomic E-state index is 5.09. The molecule has 0 bridgehead atoms. The molecule has 9 aromatic rings.